The lowest BCUT2D eigenvalue weighted by Gasteiger charge is -2.15. The van der Waals surface area contributed by atoms with Crippen LogP contribution in [0.4, 0.5) is 5.69 Å². The third kappa shape index (κ3) is 4.96. The van der Waals surface area contributed by atoms with Gasteiger partial charge in [-0.25, -0.2) is 0 Å². The monoisotopic (exact) mass is 428 g/mol. The predicted octanol–water partition coefficient (Wildman–Crippen LogP) is 3.78. The van der Waals surface area contributed by atoms with E-state index < -0.39 is 18.4 Å². The molecule has 1 N–H and O–H groups in total. The summed E-state index contributed by atoms with van der Waals surface area (Å²) in [5.74, 6) is -0.290. The zero-order valence-corrected chi connectivity index (χ0v) is 17.8. The lowest BCUT2D eigenvalue weighted by molar-refractivity contribution is -0.140. The zero-order valence-electron chi connectivity index (χ0n) is 16.2. The van der Waals surface area contributed by atoms with Crippen molar-refractivity contribution in [1.29, 1.82) is 0 Å². The molecule has 3 rings (SSSR count). The molecule has 0 bridgehead atoms. The molecule has 0 spiro atoms. The first kappa shape index (κ1) is 20.9. The zero-order chi connectivity index (χ0) is 21.1. The number of carbonyl (C=O) groups excluding carboxylic acids is 1. The second-order valence-corrected chi connectivity index (χ2v) is 8.30. The SMILES string of the molecule is CC1=CC(=C2SC(=S)N(CC(=O)O)C2=O)C=C(C=Cc2ccc(N(C)C)cc2)O1. The minimum Gasteiger partial charge on any atom is -0.480 e. The van der Waals surface area contributed by atoms with Crippen molar-refractivity contribution in [2.75, 3.05) is 25.5 Å². The van der Waals surface area contributed by atoms with E-state index in [0.717, 1.165) is 27.9 Å². The first-order valence-electron chi connectivity index (χ1n) is 8.77. The van der Waals surface area contributed by atoms with Gasteiger partial charge < -0.3 is 14.7 Å². The Balaban J connectivity index is 1.85. The van der Waals surface area contributed by atoms with Crippen molar-refractivity contribution >= 4 is 51.9 Å². The number of nitrogens with zero attached hydrogens (tertiary/aromatic N) is 2. The van der Waals surface area contributed by atoms with E-state index in [4.69, 9.17) is 22.1 Å². The van der Waals surface area contributed by atoms with Gasteiger partial charge >= 0.3 is 5.97 Å². The maximum atomic E-state index is 12.6. The van der Waals surface area contributed by atoms with Crippen LogP contribution in [0.3, 0.4) is 0 Å². The van der Waals surface area contributed by atoms with Crippen molar-refractivity contribution in [2.24, 2.45) is 0 Å². The average molecular weight is 429 g/mol. The molecule has 150 valence electrons. The number of amides is 1. The van der Waals surface area contributed by atoms with Gasteiger partial charge in [0.2, 0.25) is 0 Å². The van der Waals surface area contributed by atoms with Crippen molar-refractivity contribution < 1.29 is 19.4 Å². The van der Waals surface area contributed by atoms with Crippen molar-refractivity contribution in [3.8, 4) is 0 Å². The number of ether oxygens (including phenoxy) is 1. The highest BCUT2D eigenvalue weighted by Gasteiger charge is 2.35. The lowest BCUT2D eigenvalue weighted by Crippen LogP contribution is -2.33. The van der Waals surface area contributed by atoms with Crippen LogP contribution in [0.1, 0.15) is 12.5 Å². The van der Waals surface area contributed by atoms with Crippen LogP contribution < -0.4 is 4.90 Å². The number of benzene rings is 1. The van der Waals surface area contributed by atoms with Crippen LogP contribution >= 0.6 is 24.0 Å². The lowest BCUT2D eigenvalue weighted by atomic mass is 10.1. The molecule has 1 aromatic carbocycles. The normalized spacial score (nSPS) is 19.3. The Morgan fingerprint density at radius 1 is 1.24 bits per heavy atom. The highest BCUT2D eigenvalue weighted by molar-refractivity contribution is 8.26. The van der Waals surface area contributed by atoms with Crippen LogP contribution in [0, 0.1) is 0 Å². The molecular formula is C21H20N2O4S2. The number of thioether (sulfide) groups is 1. The summed E-state index contributed by atoms with van der Waals surface area (Å²) in [6, 6.07) is 8.08. The molecule has 0 saturated carbocycles. The maximum Gasteiger partial charge on any atom is 0.323 e. The highest BCUT2D eigenvalue weighted by atomic mass is 32.2. The van der Waals surface area contributed by atoms with E-state index >= 15 is 0 Å². The van der Waals surface area contributed by atoms with E-state index in [-0.39, 0.29) is 4.32 Å². The second kappa shape index (κ2) is 8.67. The second-order valence-electron chi connectivity index (χ2n) is 6.66. The number of rotatable bonds is 5. The first-order valence-corrected chi connectivity index (χ1v) is 10.00. The summed E-state index contributed by atoms with van der Waals surface area (Å²) in [5, 5.41) is 8.98. The quantitative estimate of drug-likeness (QED) is 0.565. The number of hydrogen-bond donors (Lipinski definition) is 1. The molecule has 0 unspecified atom stereocenters. The molecule has 0 radical (unpaired) electrons. The number of carboxylic acid groups (broad SMARTS) is 1. The van der Waals surface area contributed by atoms with Crippen LogP contribution in [0.5, 0.6) is 0 Å². The summed E-state index contributed by atoms with van der Waals surface area (Å²) in [5.41, 5.74) is 2.78. The molecule has 0 atom stereocenters. The van der Waals surface area contributed by atoms with E-state index in [1.54, 1.807) is 19.1 Å². The third-order valence-electron chi connectivity index (χ3n) is 4.19. The van der Waals surface area contributed by atoms with Crippen LogP contribution in [-0.4, -0.2) is 46.8 Å². The summed E-state index contributed by atoms with van der Waals surface area (Å²) in [6.45, 7) is 1.35. The number of anilines is 1. The summed E-state index contributed by atoms with van der Waals surface area (Å²) in [7, 11) is 3.97. The van der Waals surface area contributed by atoms with Gasteiger partial charge in [0.25, 0.3) is 5.91 Å². The van der Waals surface area contributed by atoms with E-state index in [9.17, 15) is 9.59 Å². The molecule has 8 heteroatoms. The molecule has 1 aromatic rings. The highest BCUT2D eigenvalue weighted by Crippen LogP contribution is 2.36. The number of hydrogen-bond acceptors (Lipinski definition) is 6. The van der Waals surface area contributed by atoms with E-state index in [1.165, 1.54) is 0 Å². The number of carbonyl (C=O) groups is 2. The predicted molar refractivity (Wildman–Crippen MR) is 119 cm³/mol. The summed E-state index contributed by atoms with van der Waals surface area (Å²) in [4.78, 5) is 27.1. The average Bonchev–Trinajstić information content (AvgIpc) is 2.94. The Labute approximate surface area is 178 Å². The minimum atomic E-state index is -1.11. The fourth-order valence-electron chi connectivity index (χ4n) is 2.78. The van der Waals surface area contributed by atoms with Gasteiger partial charge in [0.15, 0.2) is 0 Å². The van der Waals surface area contributed by atoms with Gasteiger partial charge in [-0.3, -0.25) is 14.5 Å². The minimum absolute atomic E-state index is 0.240. The Bertz CT molecular complexity index is 988. The van der Waals surface area contributed by atoms with Gasteiger partial charge in [0.1, 0.15) is 22.4 Å². The van der Waals surface area contributed by atoms with Crippen LogP contribution in [-0.2, 0) is 14.3 Å². The largest absolute Gasteiger partial charge is 0.480 e. The fraction of sp³-hybridized carbons (Fsp3) is 0.190. The Morgan fingerprint density at radius 2 is 1.93 bits per heavy atom. The molecule has 2 aliphatic heterocycles. The smallest absolute Gasteiger partial charge is 0.323 e. The molecule has 2 heterocycles. The maximum absolute atomic E-state index is 12.6. The number of aliphatic carboxylic acids is 1. The molecule has 1 fully saturated rings. The number of carboxylic acids is 1. The van der Waals surface area contributed by atoms with Gasteiger partial charge in [-0.1, -0.05) is 42.2 Å². The van der Waals surface area contributed by atoms with Gasteiger partial charge in [-0.05, 0) is 42.8 Å². The summed E-state index contributed by atoms with van der Waals surface area (Å²) < 4.78 is 5.98. The van der Waals surface area contributed by atoms with Crippen molar-refractivity contribution in [3.63, 3.8) is 0 Å². The summed E-state index contributed by atoms with van der Waals surface area (Å²) in [6.07, 6.45) is 7.26. The van der Waals surface area contributed by atoms with E-state index in [1.807, 2.05) is 55.4 Å². The van der Waals surface area contributed by atoms with Crippen LogP contribution in [0.15, 0.2) is 64.5 Å². The van der Waals surface area contributed by atoms with Crippen molar-refractivity contribution in [3.05, 3.63) is 70.1 Å². The molecule has 2 aliphatic rings. The van der Waals surface area contributed by atoms with E-state index in [2.05, 4.69) is 0 Å². The number of allylic oxidation sites excluding steroid dienone is 5. The van der Waals surface area contributed by atoms with Gasteiger partial charge in [0, 0.05) is 25.4 Å². The Kier molecular flexibility index (Phi) is 6.24. The number of thiocarbonyl (C=S) groups is 1. The van der Waals surface area contributed by atoms with Gasteiger partial charge in [0.05, 0.1) is 4.91 Å². The molecule has 0 aliphatic carbocycles. The van der Waals surface area contributed by atoms with Crippen molar-refractivity contribution in [2.45, 2.75) is 6.92 Å². The first-order chi connectivity index (χ1) is 13.7. The van der Waals surface area contributed by atoms with E-state index in [0.29, 0.717) is 22.0 Å². The standard InChI is InChI=1S/C21H20N2O4S2/c1-13-10-15(19-20(26)23(12-18(24)25)21(28)29-19)11-17(27-13)9-6-14-4-7-16(8-5-14)22(2)3/h4-11H,12H2,1-3H3,(H,24,25). The van der Waals surface area contributed by atoms with Crippen LogP contribution in [0.2, 0.25) is 0 Å². The topological polar surface area (TPSA) is 70.1 Å². The molecular weight excluding hydrogens is 408 g/mol. The Morgan fingerprint density at radius 3 is 2.55 bits per heavy atom. The molecule has 0 aromatic heterocycles. The Hall–Kier alpha value is -2.84. The van der Waals surface area contributed by atoms with Gasteiger partial charge in [-0.2, -0.15) is 0 Å². The molecule has 1 saturated heterocycles. The molecule has 6 nitrogen and oxygen atoms in total. The van der Waals surface area contributed by atoms with Gasteiger partial charge in [-0.15, -0.1) is 0 Å². The fourth-order valence-corrected chi connectivity index (χ4v) is 4.04. The van der Waals surface area contributed by atoms with Crippen LogP contribution in [0.25, 0.3) is 6.08 Å². The molecule has 29 heavy (non-hydrogen) atoms. The third-order valence-corrected chi connectivity index (χ3v) is 5.67. The summed E-state index contributed by atoms with van der Waals surface area (Å²) >= 11 is 6.27. The molecule has 1 amide bonds. The van der Waals surface area contributed by atoms with Crippen molar-refractivity contribution in [1.82, 2.24) is 4.90 Å².